The Bertz CT molecular complexity index is 482. The largest absolute Gasteiger partial charge is 0.478 e. The third kappa shape index (κ3) is 3.04. The summed E-state index contributed by atoms with van der Waals surface area (Å²) in [5, 5.41) is 8.97. The molecule has 0 amide bonds. The molecule has 1 aliphatic heterocycles. The second-order valence-electron chi connectivity index (χ2n) is 5.36. The number of hydrogen-bond donors (Lipinski definition) is 2. The van der Waals surface area contributed by atoms with Gasteiger partial charge in [0.15, 0.2) is 0 Å². The average molecular weight is 277 g/mol. The number of nitrogens with two attached hydrogens (primary N) is 1. The third-order valence-electron chi connectivity index (χ3n) is 4.21. The molecule has 1 saturated heterocycles. The number of anilines is 2. The lowest BCUT2D eigenvalue weighted by Gasteiger charge is -2.37. The highest BCUT2D eigenvalue weighted by Gasteiger charge is 2.23. The van der Waals surface area contributed by atoms with Crippen LogP contribution in [0.4, 0.5) is 11.4 Å². The number of nitrogen functional groups attached to an aromatic ring is 1. The fourth-order valence-corrected chi connectivity index (χ4v) is 2.83. The van der Waals surface area contributed by atoms with Gasteiger partial charge in [0.05, 0.1) is 16.9 Å². The first kappa shape index (κ1) is 14.7. The minimum atomic E-state index is -0.942. The Kier molecular flexibility index (Phi) is 4.49. The number of nitrogens with zero attached hydrogens (tertiary/aromatic N) is 2. The average Bonchev–Trinajstić information content (AvgIpc) is 2.46. The molecule has 1 aromatic rings. The van der Waals surface area contributed by atoms with Crippen molar-refractivity contribution in [2.24, 2.45) is 0 Å². The van der Waals surface area contributed by atoms with Crippen LogP contribution >= 0.6 is 0 Å². The Balaban J connectivity index is 2.09. The van der Waals surface area contributed by atoms with E-state index in [9.17, 15) is 4.79 Å². The number of carbonyl (C=O) groups is 1. The van der Waals surface area contributed by atoms with Gasteiger partial charge in [-0.3, -0.25) is 0 Å². The van der Waals surface area contributed by atoms with Crippen molar-refractivity contribution in [2.45, 2.75) is 25.8 Å². The van der Waals surface area contributed by atoms with Gasteiger partial charge in [0.2, 0.25) is 0 Å². The zero-order valence-electron chi connectivity index (χ0n) is 12.2. The normalized spacial score (nSPS) is 17.1. The van der Waals surface area contributed by atoms with E-state index in [4.69, 9.17) is 10.8 Å². The van der Waals surface area contributed by atoms with Crippen molar-refractivity contribution in [1.82, 2.24) is 4.90 Å². The molecule has 2 rings (SSSR count). The van der Waals surface area contributed by atoms with E-state index in [-0.39, 0.29) is 5.56 Å². The minimum absolute atomic E-state index is 0.237. The van der Waals surface area contributed by atoms with Gasteiger partial charge >= 0.3 is 5.97 Å². The highest BCUT2D eigenvalue weighted by atomic mass is 16.4. The molecule has 5 heteroatoms. The summed E-state index contributed by atoms with van der Waals surface area (Å²) in [6.07, 6.45) is 2.23. The van der Waals surface area contributed by atoms with E-state index in [0.717, 1.165) is 38.2 Å². The fraction of sp³-hybridized carbons (Fsp3) is 0.533. The molecule has 1 fully saturated rings. The smallest absolute Gasteiger partial charge is 0.335 e. The minimum Gasteiger partial charge on any atom is -0.478 e. The van der Waals surface area contributed by atoms with Crippen LogP contribution in [0.15, 0.2) is 18.2 Å². The second kappa shape index (κ2) is 6.13. The number of piperidine rings is 1. The number of benzene rings is 1. The molecular weight excluding hydrogens is 254 g/mol. The third-order valence-corrected chi connectivity index (χ3v) is 4.21. The van der Waals surface area contributed by atoms with Gasteiger partial charge in [-0.05, 0) is 37.6 Å². The fourth-order valence-electron chi connectivity index (χ4n) is 2.83. The number of aromatic carboxylic acids is 1. The maximum Gasteiger partial charge on any atom is 0.335 e. The summed E-state index contributed by atoms with van der Waals surface area (Å²) >= 11 is 0. The summed E-state index contributed by atoms with van der Waals surface area (Å²) in [7, 11) is 2.04. The predicted octanol–water partition coefficient (Wildman–Crippen LogP) is 1.89. The van der Waals surface area contributed by atoms with Crippen LogP contribution in [0.3, 0.4) is 0 Å². The van der Waals surface area contributed by atoms with E-state index >= 15 is 0 Å². The Morgan fingerprint density at radius 3 is 2.60 bits per heavy atom. The molecule has 5 nitrogen and oxygen atoms in total. The molecule has 0 radical (unpaired) electrons. The van der Waals surface area contributed by atoms with E-state index in [1.54, 1.807) is 6.07 Å². The van der Waals surface area contributed by atoms with Gasteiger partial charge in [0.1, 0.15) is 0 Å². The molecule has 0 spiro atoms. The highest BCUT2D eigenvalue weighted by Crippen LogP contribution is 2.28. The van der Waals surface area contributed by atoms with Crippen LogP contribution in [-0.4, -0.2) is 48.7 Å². The lowest BCUT2D eigenvalue weighted by molar-refractivity contribution is 0.0697. The Morgan fingerprint density at radius 2 is 2.10 bits per heavy atom. The van der Waals surface area contributed by atoms with Crippen LogP contribution in [0.25, 0.3) is 0 Å². The molecule has 0 saturated carbocycles. The number of likely N-dealkylation sites (tertiary alicyclic amines) is 1. The Labute approximate surface area is 120 Å². The molecule has 110 valence electrons. The van der Waals surface area contributed by atoms with Gasteiger partial charge in [-0.2, -0.15) is 0 Å². The van der Waals surface area contributed by atoms with Crippen molar-refractivity contribution in [3.05, 3.63) is 23.8 Å². The van der Waals surface area contributed by atoms with Crippen LogP contribution in [0.2, 0.25) is 0 Å². The molecule has 3 N–H and O–H groups in total. The lowest BCUT2D eigenvalue weighted by atomic mass is 10.0. The predicted molar refractivity (Wildman–Crippen MR) is 81.4 cm³/mol. The first-order valence-electron chi connectivity index (χ1n) is 7.11. The Hall–Kier alpha value is -1.75. The second-order valence-corrected chi connectivity index (χ2v) is 5.36. The zero-order chi connectivity index (χ0) is 14.7. The number of rotatable bonds is 4. The molecule has 1 heterocycles. The SMILES string of the molecule is CCN1CCC(N(C)c2ccc(C(=O)O)cc2N)CC1. The number of carboxylic acid groups (broad SMARTS) is 1. The Morgan fingerprint density at radius 1 is 1.45 bits per heavy atom. The van der Waals surface area contributed by atoms with Crippen molar-refractivity contribution in [3.8, 4) is 0 Å². The van der Waals surface area contributed by atoms with Crippen LogP contribution in [0.1, 0.15) is 30.1 Å². The molecule has 20 heavy (non-hydrogen) atoms. The molecule has 0 unspecified atom stereocenters. The summed E-state index contributed by atoms with van der Waals surface area (Å²) < 4.78 is 0. The maximum absolute atomic E-state index is 10.9. The number of hydrogen-bond acceptors (Lipinski definition) is 4. The van der Waals surface area contributed by atoms with Crippen molar-refractivity contribution in [2.75, 3.05) is 37.3 Å². The summed E-state index contributed by atoms with van der Waals surface area (Å²) in [4.78, 5) is 15.6. The first-order valence-corrected chi connectivity index (χ1v) is 7.11. The van der Waals surface area contributed by atoms with Gasteiger partial charge in [0, 0.05) is 26.2 Å². The van der Waals surface area contributed by atoms with E-state index in [1.165, 1.54) is 6.07 Å². The van der Waals surface area contributed by atoms with Crippen molar-refractivity contribution in [1.29, 1.82) is 0 Å². The van der Waals surface area contributed by atoms with E-state index in [2.05, 4.69) is 16.7 Å². The quantitative estimate of drug-likeness (QED) is 0.822. The van der Waals surface area contributed by atoms with Crippen LogP contribution in [0.5, 0.6) is 0 Å². The number of carboxylic acids is 1. The van der Waals surface area contributed by atoms with Gasteiger partial charge in [-0.15, -0.1) is 0 Å². The standard InChI is InChI=1S/C15H23N3O2/c1-3-18-8-6-12(7-9-18)17(2)14-5-4-11(15(19)20)10-13(14)16/h4-5,10,12H,3,6-9,16H2,1-2H3,(H,19,20). The molecule has 0 aromatic heterocycles. The lowest BCUT2D eigenvalue weighted by Crippen LogP contribution is -2.43. The molecule has 0 bridgehead atoms. The summed E-state index contributed by atoms with van der Waals surface area (Å²) in [5.41, 5.74) is 7.70. The van der Waals surface area contributed by atoms with E-state index in [0.29, 0.717) is 11.7 Å². The van der Waals surface area contributed by atoms with Crippen LogP contribution in [-0.2, 0) is 0 Å². The monoisotopic (exact) mass is 277 g/mol. The zero-order valence-corrected chi connectivity index (χ0v) is 12.2. The van der Waals surface area contributed by atoms with Gasteiger partial charge in [-0.25, -0.2) is 4.79 Å². The molecule has 1 aromatic carbocycles. The van der Waals surface area contributed by atoms with Crippen molar-refractivity contribution >= 4 is 17.3 Å². The highest BCUT2D eigenvalue weighted by molar-refractivity contribution is 5.90. The summed E-state index contributed by atoms with van der Waals surface area (Å²) in [6, 6.07) is 5.43. The summed E-state index contributed by atoms with van der Waals surface area (Å²) in [6.45, 7) is 5.51. The van der Waals surface area contributed by atoms with Crippen molar-refractivity contribution in [3.63, 3.8) is 0 Å². The van der Waals surface area contributed by atoms with Gasteiger partial charge in [-0.1, -0.05) is 6.92 Å². The molecule has 0 atom stereocenters. The van der Waals surface area contributed by atoms with E-state index in [1.807, 2.05) is 13.1 Å². The van der Waals surface area contributed by atoms with Gasteiger partial charge < -0.3 is 20.6 Å². The first-order chi connectivity index (χ1) is 9.52. The van der Waals surface area contributed by atoms with Crippen LogP contribution in [0, 0.1) is 0 Å². The van der Waals surface area contributed by atoms with E-state index < -0.39 is 5.97 Å². The van der Waals surface area contributed by atoms with Crippen LogP contribution < -0.4 is 10.6 Å². The maximum atomic E-state index is 10.9. The molecule has 0 aliphatic carbocycles. The topological polar surface area (TPSA) is 69.8 Å². The molecular formula is C15H23N3O2. The van der Waals surface area contributed by atoms with Crippen molar-refractivity contribution < 1.29 is 9.90 Å². The van der Waals surface area contributed by atoms with Gasteiger partial charge in [0.25, 0.3) is 0 Å². The molecule has 1 aliphatic rings. The summed E-state index contributed by atoms with van der Waals surface area (Å²) in [5.74, 6) is -0.942.